The number of carbonyl (C=O) groups is 1. The summed E-state index contributed by atoms with van der Waals surface area (Å²) in [6.45, 7) is 8.58. The van der Waals surface area contributed by atoms with E-state index in [-0.39, 0.29) is 23.2 Å². The number of hydrogen-bond donors (Lipinski definition) is 1. The van der Waals surface area contributed by atoms with Gasteiger partial charge in [-0.05, 0) is 67.1 Å². The monoisotopic (exact) mass is 555 g/mol. The third-order valence-corrected chi connectivity index (χ3v) is 7.96. The smallest absolute Gasteiger partial charge is 0.380 e. The molecule has 0 atom stereocenters. The third kappa shape index (κ3) is 6.07. The molecule has 1 aliphatic carbocycles. The maximum atomic E-state index is 14.0. The maximum Gasteiger partial charge on any atom is 0.416 e. The number of nitrogens with zero attached hydrogens (tertiary/aromatic N) is 4. The molecule has 6 rings (SSSR count). The topological polar surface area (TPSA) is 72.3 Å². The highest BCUT2D eigenvalue weighted by atomic mass is 19.4. The molecule has 2 aromatic carbocycles. The molecule has 3 heterocycles. The predicted octanol–water partition coefficient (Wildman–Crippen LogP) is 5.66. The van der Waals surface area contributed by atoms with E-state index >= 15 is 0 Å². The fraction of sp³-hybridized carbons (Fsp3) is 0.500. The number of fused-ring (bicyclic) bond motifs is 1. The van der Waals surface area contributed by atoms with Gasteiger partial charge in [-0.2, -0.15) is 13.2 Å². The minimum atomic E-state index is -4.54. The number of hydrogen-bond acceptors (Lipinski definition) is 5. The predicted molar refractivity (Wildman–Crippen MR) is 146 cm³/mol. The molecule has 1 saturated carbocycles. The van der Waals surface area contributed by atoms with Gasteiger partial charge in [0.25, 0.3) is 5.91 Å². The Balaban J connectivity index is 0.000000477. The summed E-state index contributed by atoms with van der Waals surface area (Å²) in [5.74, 6) is 0.345. The lowest BCUT2D eigenvalue weighted by molar-refractivity contribution is -0.138. The van der Waals surface area contributed by atoms with E-state index in [1.165, 1.54) is 11.0 Å². The number of nitrogens with one attached hydrogen (secondary N) is 1. The summed E-state index contributed by atoms with van der Waals surface area (Å²) < 4.78 is 48.7. The number of halogens is 3. The van der Waals surface area contributed by atoms with Crippen LogP contribution in [0.5, 0.6) is 0 Å². The highest BCUT2D eigenvalue weighted by molar-refractivity contribution is 6.10. The van der Waals surface area contributed by atoms with Crippen molar-refractivity contribution in [3.63, 3.8) is 0 Å². The maximum absolute atomic E-state index is 14.0. The molecular weight excluding hydrogens is 519 g/mol. The second-order valence-corrected chi connectivity index (χ2v) is 12.2. The Hall–Kier alpha value is -3.24. The van der Waals surface area contributed by atoms with Gasteiger partial charge in [0.2, 0.25) is 0 Å². The normalized spacial score (nSPS) is 18.9. The minimum Gasteiger partial charge on any atom is -0.380 e. The van der Waals surface area contributed by atoms with Crippen LogP contribution in [0.1, 0.15) is 78.5 Å². The first-order chi connectivity index (χ1) is 18.8. The summed E-state index contributed by atoms with van der Waals surface area (Å²) in [6, 6.07) is 10.1. The zero-order chi connectivity index (χ0) is 28.7. The van der Waals surface area contributed by atoms with E-state index in [0.717, 1.165) is 43.9 Å². The van der Waals surface area contributed by atoms with Crippen LogP contribution in [-0.2, 0) is 37.5 Å². The molecule has 0 bridgehead atoms. The number of alkyl halides is 3. The zero-order valence-electron chi connectivity index (χ0n) is 23.4. The average Bonchev–Trinajstić information content (AvgIpc) is 3.42. The highest BCUT2D eigenvalue weighted by Gasteiger charge is 2.41. The molecule has 0 spiro atoms. The van der Waals surface area contributed by atoms with Crippen LogP contribution in [0.25, 0.3) is 0 Å². The molecule has 10 heteroatoms. The van der Waals surface area contributed by atoms with Gasteiger partial charge in [-0.1, -0.05) is 26.0 Å². The Morgan fingerprint density at radius 2 is 1.80 bits per heavy atom. The van der Waals surface area contributed by atoms with Gasteiger partial charge < -0.3 is 19.5 Å². The molecule has 1 amide bonds. The summed E-state index contributed by atoms with van der Waals surface area (Å²) in [4.78, 5) is 14.7. The van der Waals surface area contributed by atoms with Gasteiger partial charge >= 0.3 is 6.18 Å². The lowest BCUT2D eigenvalue weighted by Gasteiger charge is -2.39. The average molecular weight is 556 g/mol. The molecule has 2 fully saturated rings. The summed E-state index contributed by atoms with van der Waals surface area (Å²) in [5, 5.41) is 11.3. The van der Waals surface area contributed by atoms with E-state index in [2.05, 4.69) is 36.3 Å². The standard InChI is InChI=1S/C25H26F3N5O.C5H10O/c1-24(7-4-8-24)29-13-17-10-19-20(21(11-17)25(26,27)28)14-33(23(19)34)18-6-3-5-16(9-18)12-22-31-30-15-32(22)2;1-5(2)3-6-4-5/h3,5-6,9-11,15,29H,4,7-8,12-14H2,1-2H3;3-4H2,1-2H3. The molecule has 3 aliphatic rings. The van der Waals surface area contributed by atoms with Crippen LogP contribution in [0.15, 0.2) is 42.7 Å². The molecule has 214 valence electrons. The molecule has 1 saturated heterocycles. The van der Waals surface area contributed by atoms with Gasteiger partial charge in [0.05, 0.1) is 25.3 Å². The van der Waals surface area contributed by atoms with Crippen molar-refractivity contribution in [3.8, 4) is 0 Å². The number of rotatable bonds is 6. The van der Waals surface area contributed by atoms with Crippen molar-refractivity contribution < 1.29 is 22.7 Å². The molecule has 1 N–H and O–H groups in total. The van der Waals surface area contributed by atoms with E-state index < -0.39 is 17.6 Å². The van der Waals surface area contributed by atoms with Crippen molar-refractivity contribution in [1.82, 2.24) is 20.1 Å². The van der Waals surface area contributed by atoms with Crippen LogP contribution >= 0.6 is 0 Å². The summed E-state index contributed by atoms with van der Waals surface area (Å²) in [5.41, 5.74) is 1.83. The number of amides is 1. The Morgan fingerprint density at radius 3 is 2.35 bits per heavy atom. The molecular formula is C30H36F3N5O2. The largest absolute Gasteiger partial charge is 0.416 e. The van der Waals surface area contributed by atoms with Crippen LogP contribution in [0.4, 0.5) is 18.9 Å². The van der Waals surface area contributed by atoms with E-state index in [4.69, 9.17) is 4.74 Å². The number of benzene rings is 2. The van der Waals surface area contributed by atoms with Crippen LogP contribution in [-0.4, -0.2) is 39.4 Å². The van der Waals surface area contributed by atoms with E-state index in [1.54, 1.807) is 29.1 Å². The number of ether oxygens (including phenoxy) is 1. The molecule has 7 nitrogen and oxygen atoms in total. The van der Waals surface area contributed by atoms with Crippen molar-refractivity contribution in [2.45, 2.75) is 71.3 Å². The first kappa shape index (κ1) is 28.3. The van der Waals surface area contributed by atoms with Crippen LogP contribution in [0, 0.1) is 5.41 Å². The van der Waals surface area contributed by atoms with Gasteiger partial charge in [0, 0.05) is 42.2 Å². The van der Waals surface area contributed by atoms with Gasteiger partial charge in [-0.25, -0.2) is 0 Å². The number of anilines is 1. The van der Waals surface area contributed by atoms with Gasteiger partial charge in [0.15, 0.2) is 0 Å². The molecule has 3 aromatic rings. The molecule has 2 aliphatic heterocycles. The second kappa shape index (κ2) is 10.6. The Labute approximate surface area is 232 Å². The fourth-order valence-corrected chi connectivity index (χ4v) is 5.23. The Morgan fingerprint density at radius 1 is 1.07 bits per heavy atom. The summed E-state index contributed by atoms with van der Waals surface area (Å²) >= 11 is 0. The Kier molecular flexibility index (Phi) is 7.52. The molecule has 0 unspecified atom stereocenters. The van der Waals surface area contributed by atoms with Gasteiger partial charge in [-0.3, -0.25) is 4.79 Å². The van der Waals surface area contributed by atoms with Crippen molar-refractivity contribution >= 4 is 11.6 Å². The van der Waals surface area contributed by atoms with E-state index in [9.17, 15) is 18.0 Å². The van der Waals surface area contributed by atoms with Crippen LogP contribution in [0.3, 0.4) is 0 Å². The summed E-state index contributed by atoms with van der Waals surface area (Å²) in [7, 11) is 1.84. The number of aryl methyl sites for hydroxylation is 1. The Bertz CT molecular complexity index is 1390. The first-order valence-corrected chi connectivity index (χ1v) is 13.6. The molecule has 1 aromatic heterocycles. The first-order valence-electron chi connectivity index (χ1n) is 13.6. The zero-order valence-corrected chi connectivity index (χ0v) is 23.4. The van der Waals surface area contributed by atoms with Gasteiger partial charge in [0.1, 0.15) is 12.2 Å². The van der Waals surface area contributed by atoms with E-state index in [0.29, 0.717) is 29.6 Å². The quantitative estimate of drug-likeness (QED) is 0.425. The number of carbonyl (C=O) groups excluding carboxylic acids is 1. The van der Waals surface area contributed by atoms with E-state index in [1.807, 2.05) is 19.2 Å². The molecule has 40 heavy (non-hydrogen) atoms. The fourth-order valence-electron chi connectivity index (χ4n) is 5.23. The SMILES string of the molecule is CC1(C)COC1.Cn1cnnc1Cc1cccc(N2Cc3c(cc(CNC4(C)CCC4)cc3C(F)(F)F)C2=O)c1. The van der Waals surface area contributed by atoms with Crippen molar-refractivity contribution in [2.75, 3.05) is 18.1 Å². The second-order valence-electron chi connectivity index (χ2n) is 12.2. The summed E-state index contributed by atoms with van der Waals surface area (Å²) in [6.07, 6.45) is 0.690. The van der Waals surface area contributed by atoms with Crippen molar-refractivity contribution in [1.29, 1.82) is 0 Å². The highest BCUT2D eigenvalue weighted by Crippen LogP contribution is 2.40. The molecule has 0 radical (unpaired) electrons. The number of aromatic nitrogens is 3. The van der Waals surface area contributed by atoms with Gasteiger partial charge in [-0.15, -0.1) is 10.2 Å². The van der Waals surface area contributed by atoms with Crippen molar-refractivity contribution in [2.24, 2.45) is 12.5 Å². The third-order valence-electron chi connectivity index (χ3n) is 7.96. The van der Waals surface area contributed by atoms with Crippen molar-refractivity contribution in [3.05, 3.63) is 76.4 Å². The minimum absolute atomic E-state index is 0.0369. The lowest BCUT2D eigenvalue weighted by Crippen LogP contribution is -2.47. The lowest BCUT2D eigenvalue weighted by atomic mass is 9.78. The van der Waals surface area contributed by atoms with Crippen LogP contribution in [0.2, 0.25) is 0 Å². The van der Waals surface area contributed by atoms with Crippen LogP contribution < -0.4 is 10.2 Å².